The van der Waals surface area contributed by atoms with Crippen LogP contribution in [0.1, 0.15) is 165 Å². The highest BCUT2D eigenvalue weighted by molar-refractivity contribution is 5.97. The summed E-state index contributed by atoms with van der Waals surface area (Å²) in [6.45, 7) is 6.20. The Morgan fingerprint density at radius 2 is 1.18 bits per heavy atom. The van der Waals surface area contributed by atoms with Crippen molar-refractivity contribution in [3.05, 3.63) is 29.8 Å². The van der Waals surface area contributed by atoms with Crippen molar-refractivity contribution in [1.82, 2.24) is 4.90 Å². The van der Waals surface area contributed by atoms with Gasteiger partial charge in [-0.2, -0.15) is 0 Å². The Balaban J connectivity index is 1.39. The summed E-state index contributed by atoms with van der Waals surface area (Å²) < 4.78 is 0. The van der Waals surface area contributed by atoms with Crippen LogP contribution < -0.4 is 5.32 Å². The number of carbonyl (C=O) groups is 2. The second kappa shape index (κ2) is 21.9. The molecule has 1 aromatic carbocycles. The first kappa shape index (κ1) is 33.4. The molecule has 1 aliphatic rings. The third-order valence-electron chi connectivity index (χ3n) is 8.47. The monoisotopic (exact) mass is 540 g/mol. The number of carbonyl (C=O) groups excluding carboxylic acids is 2. The van der Waals surface area contributed by atoms with E-state index >= 15 is 0 Å². The molecular weight excluding hydrogens is 480 g/mol. The highest BCUT2D eigenvalue weighted by atomic mass is 16.2. The lowest BCUT2D eigenvalue weighted by Gasteiger charge is -2.30. The number of rotatable bonds is 22. The summed E-state index contributed by atoms with van der Waals surface area (Å²) in [4.78, 5) is 27.2. The zero-order valence-corrected chi connectivity index (χ0v) is 25.6. The van der Waals surface area contributed by atoms with Gasteiger partial charge in [0.25, 0.3) is 5.91 Å². The van der Waals surface area contributed by atoms with E-state index in [-0.39, 0.29) is 11.8 Å². The third-order valence-corrected chi connectivity index (χ3v) is 8.47. The topological polar surface area (TPSA) is 49.4 Å². The first-order valence-electron chi connectivity index (χ1n) is 16.8. The first-order chi connectivity index (χ1) is 19.1. The van der Waals surface area contributed by atoms with Crippen molar-refractivity contribution >= 4 is 17.5 Å². The molecule has 0 unspecified atom stereocenters. The van der Waals surface area contributed by atoms with Gasteiger partial charge in [0.1, 0.15) is 0 Å². The van der Waals surface area contributed by atoms with Crippen molar-refractivity contribution in [3.8, 4) is 0 Å². The Morgan fingerprint density at radius 1 is 0.718 bits per heavy atom. The number of nitrogens with zero attached hydrogens (tertiary/aromatic N) is 1. The van der Waals surface area contributed by atoms with Gasteiger partial charge in [-0.05, 0) is 43.4 Å². The predicted molar refractivity (Wildman–Crippen MR) is 167 cm³/mol. The lowest BCUT2D eigenvalue weighted by molar-refractivity contribution is -0.116. The maximum Gasteiger partial charge on any atom is 0.253 e. The molecule has 0 atom stereocenters. The number of benzene rings is 1. The van der Waals surface area contributed by atoms with Crippen molar-refractivity contribution < 1.29 is 9.59 Å². The molecule has 0 radical (unpaired) electrons. The smallest absolute Gasteiger partial charge is 0.253 e. The van der Waals surface area contributed by atoms with Gasteiger partial charge >= 0.3 is 0 Å². The SMILES string of the molecule is CCCCCCCCCCCCCCCCCCCCCC(=O)Nc1cccc(C(=O)N2CCC(C)CC2)c1. The van der Waals surface area contributed by atoms with Gasteiger partial charge in [-0.3, -0.25) is 9.59 Å². The van der Waals surface area contributed by atoms with Gasteiger partial charge in [0, 0.05) is 30.8 Å². The predicted octanol–water partition coefficient (Wildman–Crippen LogP) is 10.3. The van der Waals surface area contributed by atoms with Crippen LogP contribution in [0.2, 0.25) is 0 Å². The average Bonchev–Trinajstić information content (AvgIpc) is 2.94. The molecule has 0 saturated carbocycles. The van der Waals surface area contributed by atoms with Crippen molar-refractivity contribution in [3.63, 3.8) is 0 Å². The minimum atomic E-state index is 0.0540. The number of hydrogen-bond donors (Lipinski definition) is 1. The molecule has 0 aliphatic carbocycles. The Hall–Kier alpha value is -1.84. The van der Waals surface area contributed by atoms with Gasteiger partial charge in [0.15, 0.2) is 0 Å². The van der Waals surface area contributed by atoms with Crippen LogP contribution in [-0.2, 0) is 4.79 Å². The highest BCUT2D eigenvalue weighted by Gasteiger charge is 2.21. The summed E-state index contributed by atoms with van der Waals surface area (Å²) in [7, 11) is 0. The zero-order chi connectivity index (χ0) is 28.0. The number of amides is 2. The molecule has 2 amide bonds. The summed E-state index contributed by atoms with van der Waals surface area (Å²) in [6.07, 6.45) is 28.5. The normalized spacial score (nSPS) is 14.1. The van der Waals surface area contributed by atoms with Crippen LogP contribution in [0.25, 0.3) is 0 Å². The quantitative estimate of drug-likeness (QED) is 0.149. The number of likely N-dealkylation sites (tertiary alicyclic amines) is 1. The van der Waals surface area contributed by atoms with E-state index in [1.807, 2.05) is 29.2 Å². The molecule has 1 N–H and O–H groups in total. The van der Waals surface area contributed by atoms with E-state index in [4.69, 9.17) is 0 Å². The summed E-state index contributed by atoms with van der Waals surface area (Å²) in [5, 5.41) is 3.00. The fourth-order valence-corrected chi connectivity index (χ4v) is 5.71. The Kier molecular flexibility index (Phi) is 18.8. The zero-order valence-electron chi connectivity index (χ0n) is 25.6. The molecule has 1 saturated heterocycles. The molecule has 0 aromatic heterocycles. The van der Waals surface area contributed by atoms with Crippen LogP contribution >= 0.6 is 0 Å². The third kappa shape index (κ3) is 16.1. The molecule has 1 aliphatic heterocycles. The van der Waals surface area contributed by atoms with E-state index in [1.165, 1.54) is 109 Å². The van der Waals surface area contributed by atoms with E-state index < -0.39 is 0 Å². The standard InChI is InChI=1S/C35H60N2O2/c1-3-4-5-6-7-8-9-10-11-12-13-14-15-16-17-18-19-20-21-25-34(38)36-33-24-22-23-32(30-33)35(39)37-28-26-31(2)27-29-37/h22-24,30-31H,3-21,25-29H2,1-2H3,(H,36,38). The summed E-state index contributed by atoms with van der Waals surface area (Å²) >= 11 is 0. The maximum atomic E-state index is 12.8. The molecular formula is C35H60N2O2. The lowest BCUT2D eigenvalue weighted by Crippen LogP contribution is -2.37. The van der Waals surface area contributed by atoms with Crippen LogP contribution in [0.5, 0.6) is 0 Å². The van der Waals surface area contributed by atoms with E-state index in [0.717, 1.165) is 44.5 Å². The molecule has 0 spiro atoms. The molecule has 222 valence electrons. The molecule has 4 heteroatoms. The van der Waals surface area contributed by atoms with E-state index in [0.29, 0.717) is 17.9 Å². The molecule has 1 fully saturated rings. The number of unbranched alkanes of at least 4 members (excludes halogenated alkanes) is 18. The Morgan fingerprint density at radius 3 is 1.67 bits per heavy atom. The van der Waals surface area contributed by atoms with Crippen molar-refractivity contribution in [1.29, 1.82) is 0 Å². The first-order valence-corrected chi connectivity index (χ1v) is 16.8. The molecule has 0 bridgehead atoms. The van der Waals surface area contributed by atoms with Gasteiger partial charge in [-0.1, -0.05) is 135 Å². The number of hydrogen-bond acceptors (Lipinski definition) is 2. The second-order valence-electron chi connectivity index (χ2n) is 12.2. The molecule has 1 heterocycles. The molecule has 4 nitrogen and oxygen atoms in total. The fourth-order valence-electron chi connectivity index (χ4n) is 5.71. The summed E-state index contributed by atoms with van der Waals surface area (Å²) in [5.41, 5.74) is 1.40. The van der Waals surface area contributed by atoms with E-state index in [2.05, 4.69) is 19.2 Å². The number of anilines is 1. The Bertz CT molecular complexity index is 770. The van der Waals surface area contributed by atoms with Gasteiger partial charge in [-0.25, -0.2) is 0 Å². The van der Waals surface area contributed by atoms with Crippen LogP contribution in [0, 0.1) is 5.92 Å². The van der Waals surface area contributed by atoms with Crippen molar-refractivity contribution in [2.75, 3.05) is 18.4 Å². The van der Waals surface area contributed by atoms with Crippen molar-refractivity contribution in [2.24, 2.45) is 5.92 Å². The minimum Gasteiger partial charge on any atom is -0.339 e. The van der Waals surface area contributed by atoms with Gasteiger partial charge in [-0.15, -0.1) is 0 Å². The highest BCUT2D eigenvalue weighted by Crippen LogP contribution is 2.20. The molecule has 39 heavy (non-hydrogen) atoms. The Labute approximate surface area is 241 Å². The van der Waals surface area contributed by atoms with Gasteiger partial charge < -0.3 is 10.2 Å². The van der Waals surface area contributed by atoms with Crippen LogP contribution in [0.3, 0.4) is 0 Å². The second-order valence-corrected chi connectivity index (χ2v) is 12.2. The summed E-state index contributed by atoms with van der Waals surface area (Å²) in [5.74, 6) is 0.832. The van der Waals surface area contributed by atoms with E-state index in [1.54, 1.807) is 0 Å². The van der Waals surface area contributed by atoms with Gasteiger partial charge in [0.05, 0.1) is 0 Å². The van der Waals surface area contributed by atoms with E-state index in [9.17, 15) is 9.59 Å². The molecule has 1 aromatic rings. The average molecular weight is 541 g/mol. The minimum absolute atomic E-state index is 0.0540. The largest absolute Gasteiger partial charge is 0.339 e. The van der Waals surface area contributed by atoms with Crippen molar-refractivity contribution in [2.45, 2.75) is 155 Å². The van der Waals surface area contributed by atoms with Crippen LogP contribution in [-0.4, -0.2) is 29.8 Å². The number of piperidine rings is 1. The maximum absolute atomic E-state index is 12.8. The number of nitrogens with one attached hydrogen (secondary N) is 1. The van der Waals surface area contributed by atoms with Gasteiger partial charge in [0.2, 0.25) is 5.91 Å². The lowest BCUT2D eigenvalue weighted by atomic mass is 9.98. The summed E-state index contributed by atoms with van der Waals surface area (Å²) in [6, 6.07) is 7.43. The van der Waals surface area contributed by atoms with Crippen LogP contribution in [0.15, 0.2) is 24.3 Å². The molecule has 2 rings (SSSR count). The fraction of sp³-hybridized carbons (Fsp3) is 0.771. The van der Waals surface area contributed by atoms with Crippen LogP contribution in [0.4, 0.5) is 5.69 Å².